The second kappa shape index (κ2) is 6.53. The van der Waals surface area contributed by atoms with Crippen molar-refractivity contribution >= 4 is 28.4 Å². The number of rotatable bonds is 4. The van der Waals surface area contributed by atoms with E-state index in [-0.39, 0.29) is 5.78 Å². The Morgan fingerprint density at radius 1 is 1.30 bits per heavy atom. The minimum atomic E-state index is -0.0551. The van der Waals surface area contributed by atoms with Gasteiger partial charge in [-0.25, -0.2) is 0 Å². The van der Waals surface area contributed by atoms with E-state index < -0.39 is 0 Å². The van der Waals surface area contributed by atoms with Gasteiger partial charge in [-0.05, 0) is 47.2 Å². The van der Waals surface area contributed by atoms with Gasteiger partial charge in [-0.3, -0.25) is 4.79 Å². The molecule has 0 aliphatic carbocycles. The molecular formula is C16H12INO2. The summed E-state index contributed by atoms with van der Waals surface area (Å²) in [5, 5.41) is 9.17. The Labute approximate surface area is 131 Å². The van der Waals surface area contributed by atoms with E-state index in [1.54, 1.807) is 12.1 Å². The van der Waals surface area contributed by atoms with Gasteiger partial charge in [0.15, 0.2) is 5.78 Å². The van der Waals surface area contributed by atoms with Crippen molar-refractivity contribution in [1.29, 1.82) is 5.26 Å². The van der Waals surface area contributed by atoms with Gasteiger partial charge in [0.05, 0.1) is 5.56 Å². The van der Waals surface area contributed by atoms with Crippen LogP contribution in [0.4, 0.5) is 0 Å². The summed E-state index contributed by atoms with van der Waals surface area (Å²) < 4.78 is 6.48. The number of carbonyl (C=O) groups excluding carboxylic acids is 1. The lowest BCUT2D eigenvalue weighted by Crippen LogP contribution is -2.02. The van der Waals surface area contributed by atoms with Crippen molar-refractivity contribution in [3.63, 3.8) is 0 Å². The molecule has 0 aromatic heterocycles. The molecule has 0 atom stereocenters. The first-order valence-corrected chi connectivity index (χ1v) is 7.11. The van der Waals surface area contributed by atoms with E-state index in [1.165, 1.54) is 6.92 Å². The Bertz CT molecular complexity index is 675. The zero-order valence-corrected chi connectivity index (χ0v) is 13.0. The molecule has 100 valence electrons. The zero-order valence-electron chi connectivity index (χ0n) is 10.9. The molecular weight excluding hydrogens is 365 g/mol. The second-order valence-corrected chi connectivity index (χ2v) is 5.43. The predicted octanol–water partition coefficient (Wildman–Crippen LogP) is 3.94. The zero-order chi connectivity index (χ0) is 14.5. The molecule has 0 amide bonds. The van der Waals surface area contributed by atoms with Gasteiger partial charge in [0, 0.05) is 9.13 Å². The molecule has 0 radical (unpaired) electrons. The smallest absolute Gasteiger partial charge is 0.160 e. The highest BCUT2D eigenvalue weighted by atomic mass is 127. The van der Waals surface area contributed by atoms with Crippen molar-refractivity contribution in [2.75, 3.05) is 0 Å². The number of Topliss-reactive ketones (excluding diaryl/α,β-unsaturated/α-hetero) is 1. The Kier molecular flexibility index (Phi) is 4.74. The third kappa shape index (κ3) is 3.36. The first kappa shape index (κ1) is 14.5. The van der Waals surface area contributed by atoms with Crippen LogP contribution in [0.5, 0.6) is 5.75 Å². The van der Waals surface area contributed by atoms with Crippen molar-refractivity contribution in [1.82, 2.24) is 0 Å². The predicted molar refractivity (Wildman–Crippen MR) is 84.7 cm³/mol. The number of nitriles is 1. The highest BCUT2D eigenvalue weighted by Crippen LogP contribution is 2.26. The largest absolute Gasteiger partial charge is 0.487 e. The maximum atomic E-state index is 11.5. The molecule has 0 aliphatic rings. The Morgan fingerprint density at radius 3 is 2.60 bits per heavy atom. The number of benzene rings is 2. The van der Waals surface area contributed by atoms with Crippen LogP contribution in [0, 0.1) is 14.9 Å². The highest BCUT2D eigenvalue weighted by molar-refractivity contribution is 14.1. The van der Waals surface area contributed by atoms with Gasteiger partial charge < -0.3 is 4.74 Å². The van der Waals surface area contributed by atoms with Gasteiger partial charge >= 0.3 is 0 Å². The maximum Gasteiger partial charge on any atom is 0.160 e. The summed E-state index contributed by atoms with van der Waals surface area (Å²) in [7, 11) is 0. The van der Waals surface area contributed by atoms with Crippen LogP contribution in [0.25, 0.3) is 0 Å². The molecule has 0 unspecified atom stereocenters. The molecule has 0 aliphatic heterocycles. The summed E-state index contributed by atoms with van der Waals surface area (Å²) >= 11 is 2.08. The molecule has 0 saturated carbocycles. The highest BCUT2D eigenvalue weighted by Gasteiger charge is 2.12. The molecule has 20 heavy (non-hydrogen) atoms. The Balaban J connectivity index is 2.26. The van der Waals surface area contributed by atoms with Gasteiger partial charge in [-0.1, -0.05) is 30.3 Å². The van der Waals surface area contributed by atoms with Crippen molar-refractivity contribution in [2.45, 2.75) is 13.5 Å². The van der Waals surface area contributed by atoms with Crippen LogP contribution in [-0.4, -0.2) is 5.78 Å². The minimum Gasteiger partial charge on any atom is -0.487 e. The number of ketones is 1. The van der Waals surface area contributed by atoms with E-state index >= 15 is 0 Å². The molecule has 2 aromatic carbocycles. The van der Waals surface area contributed by atoms with Crippen LogP contribution in [0.15, 0.2) is 42.5 Å². The van der Waals surface area contributed by atoms with Gasteiger partial charge in [0.1, 0.15) is 18.4 Å². The van der Waals surface area contributed by atoms with Crippen LogP contribution in [0.3, 0.4) is 0 Å². The van der Waals surface area contributed by atoms with Crippen molar-refractivity contribution in [3.05, 3.63) is 62.7 Å². The molecule has 4 heteroatoms. The Hall–Kier alpha value is -1.87. The third-order valence-electron chi connectivity index (χ3n) is 2.81. The number of hydrogen-bond acceptors (Lipinski definition) is 3. The van der Waals surface area contributed by atoms with Crippen molar-refractivity contribution < 1.29 is 9.53 Å². The van der Waals surface area contributed by atoms with E-state index in [1.807, 2.05) is 30.3 Å². The first-order valence-electron chi connectivity index (χ1n) is 6.03. The van der Waals surface area contributed by atoms with Crippen molar-refractivity contribution in [2.24, 2.45) is 0 Å². The average molecular weight is 377 g/mol. The first-order chi connectivity index (χ1) is 9.61. The quantitative estimate of drug-likeness (QED) is 0.599. The molecule has 0 spiro atoms. The summed E-state index contributed by atoms with van der Waals surface area (Å²) in [5.74, 6) is 0.450. The summed E-state index contributed by atoms with van der Waals surface area (Å²) in [6.45, 7) is 1.88. The second-order valence-electron chi connectivity index (χ2n) is 4.27. The summed E-state index contributed by atoms with van der Waals surface area (Å²) in [4.78, 5) is 11.5. The number of carbonyl (C=O) groups is 1. The fraction of sp³-hybridized carbons (Fsp3) is 0.125. The van der Waals surface area contributed by atoms with E-state index in [0.717, 1.165) is 9.13 Å². The standard InChI is InChI=1S/C16H12INO2/c1-11(19)14-7-13(9-18)16(8-15(14)17)20-10-12-5-3-2-4-6-12/h2-8H,10H2,1H3. The van der Waals surface area contributed by atoms with E-state index in [2.05, 4.69) is 28.7 Å². The normalized spacial score (nSPS) is 9.85. The van der Waals surface area contributed by atoms with Gasteiger partial charge in [-0.2, -0.15) is 5.26 Å². The molecule has 3 nitrogen and oxygen atoms in total. The lowest BCUT2D eigenvalue weighted by atomic mass is 10.1. The SMILES string of the molecule is CC(=O)c1cc(C#N)c(OCc2ccccc2)cc1I. The molecule has 0 N–H and O–H groups in total. The molecule has 0 heterocycles. The minimum absolute atomic E-state index is 0.0551. The molecule has 2 aromatic rings. The van der Waals surface area contributed by atoms with E-state index in [0.29, 0.717) is 23.5 Å². The van der Waals surface area contributed by atoms with E-state index in [4.69, 9.17) is 10.00 Å². The third-order valence-corrected chi connectivity index (χ3v) is 3.70. The lowest BCUT2D eigenvalue weighted by Gasteiger charge is -2.10. The molecule has 0 saturated heterocycles. The molecule has 2 rings (SSSR count). The fourth-order valence-corrected chi connectivity index (χ4v) is 2.59. The van der Waals surface area contributed by atoms with Crippen LogP contribution in [-0.2, 0) is 6.61 Å². The lowest BCUT2D eigenvalue weighted by molar-refractivity contribution is 0.101. The topological polar surface area (TPSA) is 50.1 Å². The van der Waals surface area contributed by atoms with Crippen LogP contribution in [0.2, 0.25) is 0 Å². The van der Waals surface area contributed by atoms with Gasteiger partial charge in [0.2, 0.25) is 0 Å². The average Bonchev–Trinajstić information content (AvgIpc) is 2.46. The van der Waals surface area contributed by atoms with Crippen LogP contribution in [0.1, 0.15) is 28.4 Å². The summed E-state index contributed by atoms with van der Waals surface area (Å²) in [5.41, 5.74) is 1.96. The number of nitrogens with zero attached hydrogens (tertiary/aromatic N) is 1. The monoisotopic (exact) mass is 377 g/mol. The molecule has 0 bridgehead atoms. The van der Waals surface area contributed by atoms with Crippen LogP contribution >= 0.6 is 22.6 Å². The fourth-order valence-electron chi connectivity index (χ4n) is 1.77. The van der Waals surface area contributed by atoms with Crippen molar-refractivity contribution in [3.8, 4) is 11.8 Å². The number of ether oxygens (including phenoxy) is 1. The number of halogens is 1. The Morgan fingerprint density at radius 2 is 2.00 bits per heavy atom. The maximum absolute atomic E-state index is 11.5. The van der Waals surface area contributed by atoms with E-state index in [9.17, 15) is 4.79 Å². The number of hydrogen-bond donors (Lipinski definition) is 0. The van der Waals surface area contributed by atoms with Gasteiger partial charge in [-0.15, -0.1) is 0 Å². The summed E-state index contributed by atoms with van der Waals surface area (Å²) in [6, 6.07) is 15.1. The van der Waals surface area contributed by atoms with Gasteiger partial charge in [0.25, 0.3) is 0 Å². The summed E-state index contributed by atoms with van der Waals surface area (Å²) in [6.07, 6.45) is 0. The molecule has 0 fully saturated rings. The van der Waals surface area contributed by atoms with Crippen LogP contribution < -0.4 is 4.74 Å².